The van der Waals surface area contributed by atoms with Crippen molar-refractivity contribution in [2.45, 2.75) is 24.1 Å². The number of hydrogen-bond donors (Lipinski definition) is 3. The first-order valence-electron chi connectivity index (χ1n) is 6.08. The van der Waals surface area contributed by atoms with Gasteiger partial charge in [-0.15, -0.1) is 11.3 Å². The zero-order valence-electron chi connectivity index (χ0n) is 10.9. The van der Waals surface area contributed by atoms with Crippen molar-refractivity contribution in [1.29, 1.82) is 0 Å². The summed E-state index contributed by atoms with van der Waals surface area (Å²) in [5.74, 6) is 0.735. The minimum Gasteiger partial charge on any atom is -0.355 e. The summed E-state index contributed by atoms with van der Waals surface area (Å²) in [6.07, 6.45) is 0. The lowest BCUT2D eigenvalue weighted by molar-refractivity contribution is 0.582. The number of aliphatic imine (C=N–C) groups is 1. The second kappa shape index (κ2) is 5.89. The predicted molar refractivity (Wildman–Crippen MR) is 77.1 cm³/mol. The molecular weight excluding hydrogens is 284 g/mol. The van der Waals surface area contributed by atoms with Crippen LogP contribution >= 0.6 is 11.3 Å². The van der Waals surface area contributed by atoms with E-state index in [0.29, 0.717) is 23.3 Å². The van der Waals surface area contributed by atoms with E-state index in [1.165, 1.54) is 11.3 Å². The predicted octanol–water partition coefficient (Wildman–Crippen LogP) is 0.272. The molecule has 0 amide bonds. The van der Waals surface area contributed by atoms with Crippen molar-refractivity contribution in [2.75, 3.05) is 19.6 Å². The van der Waals surface area contributed by atoms with Gasteiger partial charge in [0.1, 0.15) is 4.21 Å². The minimum atomic E-state index is -3.38. The van der Waals surface area contributed by atoms with E-state index in [4.69, 9.17) is 0 Å². The van der Waals surface area contributed by atoms with Crippen LogP contribution in [0.4, 0.5) is 0 Å². The van der Waals surface area contributed by atoms with Crippen molar-refractivity contribution in [3.05, 3.63) is 17.0 Å². The van der Waals surface area contributed by atoms with Gasteiger partial charge in [0.2, 0.25) is 10.0 Å². The number of thiophene rings is 1. The molecule has 106 valence electrons. The summed E-state index contributed by atoms with van der Waals surface area (Å²) in [7, 11) is -3.38. The average Bonchev–Trinajstić information content (AvgIpc) is 2.94. The van der Waals surface area contributed by atoms with Gasteiger partial charge in [-0.25, -0.2) is 13.1 Å². The minimum absolute atomic E-state index is 0.328. The van der Waals surface area contributed by atoms with Crippen LogP contribution in [0.1, 0.15) is 11.8 Å². The molecule has 0 saturated carbocycles. The Balaban J connectivity index is 1.76. The molecule has 0 spiro atoms. The highest BCUT2D eigenvalue weighted by atomic mass is 32.2. The molecule has 0 aromatic carbocycles. The van der Waals surface area contributed by atoms with E-state index in [1.807, 2.05) is 13.8 Å². The van der Waals surface area contributed by atoms with E-state index >= 15 is 0 Å². The van der Waals surface area contributed by atoms with E-state index < -0.39 is 10.0 Å². The summed E-state index contributed by atoms with van der Waals surface area (Å²) in [6, 6.07) is 3.77. The van der Waals surface area contributed by atoms with Crippen LogP contribution in [0.15, 0.2) is 21.3 Å². The van der Waals surface area contributed by atoms with Gasteiger partial charge >= 0.3 is 0 Å². The van der Waals surface area contributed by atoms with E-state index in [1.54, 1.807) is 12.1 Å². The first-order valence-corrected chi connectivity index (χ1v) is 8.38. The third kappa shape index (κ3) is 3.92. The van der Waals surface area contributed by atoms with E-state index in [9.17, 15) is 8.42 Å². The maximum absolute atomic E-state index is 11.9. The maximum atomic E-state index is 11.9. The number of nitrogens with one attached hydrogen (secondary N) is 3. The second-order valence-corrected chi connectivity index (χ2v) is 7.71. The van der Waals surface area contributed by atoms with E-state index in [-0.39, 0.29) is 0 Å². The van der Waals surface area contributed by atoms with Crippen molar-refractivity contribution in [3.8, 4) is 0 Å². The summed E-state index contributed by atoms with van der Waals surface area (Å²) < 4.78 is 26.8. The Kier molecular flexibility index (Phi) is 4.43. The van der Waals surface area contributed by atoms with Gasteiger partial charge in [0.15, 0.2) is 5.96 Å². The molecule has 1 aromatic heterocycles. The Morgan fingerprint density at radius 3 is 2.84 bits per heavy atom. The molecule has 1 aliphatic rings. The van der Waals surface area contributed by atoms with Crippen molar-refractivity contribution in [1.82, 2.24) is 15.4 Å². The van der Waals surface area contributed by atoms with Gasteiger partial charge in [-0.3, -0.25) is 4.99 Å². The summed E-state index contributed by atoms with van der Waals surface area (Å²) in [5.41, 5.74) is 0. The highest BCUT2D eigenvalue weighted by Gasteiger charge is 2.16. The van der Waals surface area contributed by atoms with Gasteiger partial charge in [0.05, 0.1) is 6.54 Å². The lowest BCUT2D eigenvalue weighted by atomic mass is 10.4. The lowest BCUT2D eigenvalue weighted by Gasteiger charge is -2.09. The number of rotatable bonds is 5. The fourth-order valence-corrected chi connectivity index (χ4v) is 4.01. The highest BCUT2D eigenvalue weighted by Crippen LogP contribution is 2.19. The molecule has 6 nitrogen and oxygen atoms in total. The fourth-order valence-electron chi connectivity index (χ4n) is 1.65. The number of aryl methyl sites for hydroxylation is 1. The summed E-state index contributed by atoms with van der Waals surface area (Å²) >= 11 is 1.27. The molecule has 0 bridgehead atoms. The maximum Gasteiger partial charge on any atom is 0.250 e. The van der Waals surface area contributed by atoms with E-state index in [0.717, 1.165) is 17.4 Å². The molecule has 19 heavy (non-hydrogen) atoms. The molecule has 2 heterocycles. The Morgan fingerprint density at radius 1 is 1.47 bits per heavy atom. The zero-order chi connectivity index (χ0) is 13.9. The van der Waals surface area contributed by atoms with Crippen LogP contribution in [0.25, 0.3) is 0 Å². The topological polar surface area (TPSA) is 82.6 Å². The molecule has 8 heteroatoms. The lowest BCUT2D eigenvalue weighted by Crippen LogP contribution is -2.41. The molecule has 2 rings (SSSR count). The Hall–Kier alpha value is -1.12. The van der Waals surface area contributed by atoms with Gasteiger partial charge in [-0.05, 0) is 26.0 Å². The standard InChI is InChI=1S/C11H18N4O2S2/c1-8-7-13-11(15-8)12-5-6-14-19(16,17)10-4-3-9(2)18-10/h3-4,8,14H,5-7H2,1-2H3,(H2,12,13,15). The number of hydrogen-bond acceptors (Lipinski definition) is 6. The average molecular weight is 302 g/mol. The quantitative estimate of drug-likeness (QED) is 0.682. The first-order chi connectivity index (χ1) is 8.97. The molecule has 1 aliphatic heterocycles. The van der Waals surface area contributed by atoms with E-state index in [2.05, 4.69) is 20.3 Å². The molecule has 1 atom stereocenters. The Labute approximate surface area is 117 Å². The summed E-state index contributed by atoms with van der Waals surface area (Å²) in [5, 5.41) is 6.21. The van der Waals surface area contributed by atoms with Crippen molar-refractivity contribution < 1.29 is 8.42 Å². The van der Waals surface area contributed by atoms with Gasteiger partial charge in [-0.1, -0.05) is 0 Å². The third-order valence-corrected chi connectivity index (χ3v) is 5.55. The number of sulfonamides is 1. The third-order valence-electron chi connectivity index (χ3n) is 2.60. The Morgan fingerprint density at radius 2 is 2.26 bits per heavy atom. The molecule has 1 aromatic rings. The van der Waals surface area contributed by atoms with Gasteiger partial charge in [-0.2, -0.15) is 0 Å². The molecule has 0 saturated heterocycles. The van der Waals surface area contributed by atoms with Crippen LogP contribution in [-0.4, -0.2) is 40.1 Å². The molecule has 3 N–H and O–H groups in total. The molecule has 0 fully saturated rings. The van der Waals surface area contributed by atoms with Gasteiger partial charge < -0.3 is 10.6 Å². The SMILES string of the molecule is Cc1ccc(S(=O)(=O)NCCNC2=NCC(C)N2)s1. The normalized spacial score (nSPS) is 19.1. The molecular formula is C11H18N4O2S2. The second-order valence-electron chi connectivity index (χ2n) is 4.42. The van der Waals surface area contributed by atoms with Crippen LogP contribution in [0.3, 0.4) is 0 Å². The largest absolute Gasteiger partial charge is 0.355 e. The molecule has 0 radical (unpaired) electrons. The number of nitrogens with zero attached hydrogens (tertiary/aromatic N) is 1. The van der Waals surface area contributed by atoms with Crippen LogP contribution in [0.2, 0.25) is 0 Å². The number of guanidine groups is 1. The monoisotopic (exact) mass is 302 g/mol. The molecule has 0 aliphatic carbocycles. The van der Waals surface area contributed by atoms with Crippen molar-refractivity contribution >= 4 is 27.3 Å². The fraction of sp³-hybridized carbons (Fsp3) is 0.545. The van der Waals surface area contributed by atoms with Crippen molar-refractivity contribution in [3.63, 3.8) is 0 Å². The Bertz CT molecular complexity index is 565. The summed E-state index contributed by atoms with van der Waals surface area (Å²) in [4.78, 5) is 5.21. The zero-order valence-corrected chi connectivity index (χ0v) is 12.6. The summed E-state index contributed by atoms with van der Waals surface area (Å²) in [6.45, 7) is 5.51. The van der Waals surface area contributed by atoms with Gasteiger partial charge in [0, 0.05) is 24.0 Å². The first kappa shape index (κ1) is 14.3. The van der Waals surface area contributed by atoms with Crippen LogP contribution in [0.5, 0.6) is 0 Å². The molecule has 1 unspecified atom stereocenters. The van der Waals surface area contributed by atoms with Crippen molar-refractivity contribution in [2.24, 2.45) is 4.99 Å². The van der Waals surface area contributed by atoms with Gasteiger partial charge in [0.25, 0.3) is 0 Å². The van der Waals surface area contributed by atoms with Crippen LogP contribution < -0.4 is 15.4 Å². The smallest absolute Gasteiger partial charge is 0.250 e. The highest BCUT2D eigenvalue weighted by molar-refractivity contribution is 7.91. The van der Waals surface area contributed by atoms with Crippen LogP contribution in [0, 0.1) is 6.92 Å². The van der Waals surface area contributed by atoms with Crippen LogP contribution in [-0.2, 0) is 10.0 Å².